The molecule has 2 heteroatoms. The van der Waals surface area contributed by atoms with E-state index in [4.69, 9.17) is 0 Å². The lowest BCUT2D eigenvalue weighted by molar-refractivity contribution is 0.897. The molecule has 0 saturated carbocycles. The van der Waals surface area contributed by atoms with E-state index in [9.17, 15) is 0 Å². The summed E-state index contributed by atoms with van der Waals surface area (Å²) in [5, 5.41) is 0. The Morgan fingerprint density at radius 3 is 1.36 bits per heavy atom. The fraction of sp³-hybridized carbons (Fsp3) is 0.217. The normalized spacial score (nSPS) is 10.5. The molecule has 0 aliphatic carbocycles. The summed E-state index contributed by atoms with van der Waals surface area (Å²) in [5.41, 5.74) is 6.53. The number of nitrogens with zero attached hydrogens (tertiary/aromatic N) is 2. The second-order valence-corrected chi connectivity index (χ2v) is 6.60. The molecular weight excluding hydrogens is 304 g/mol. The lowest BCUT2D eigenvalue weighted by Gasteiger charge is -2.27. The first-order valence-corrected chi connectivity index (χ1v) is 8.75. The van der Waals surface area contributed by atoms with Crippen molar-refractivity contribution in [2.75, 3.05) is 23.9 Å². The van der Waals surface area contributed by atoms with Crippen LogP contribution in [0.1, 0.15) is 16.7 Å². The molecule has 3 aromatic carbocycles. The maximum Gasteiger partial charge on any atom is 0.0426 e. The zero-order valence-corrected chi connectivity index (χ0v) is 15.3. The maximum absolute atomic E-state index is 2.32. The summed E-state index contributed by atoms with van der Waals surface area (Å²) >= 11 is 0. The summed E-state index contributed by atoms with van der Waals surface area (Å²) < 4.78 is 0. The van der Waals surface area contributed by atoms with Crippen molar-refractivity contribution < 1.29 is 0 Å². The minimum Gasteiger partial charge on any atom is -0.370 e. The van der Waals surface area contributed by atoms with E-state index in [1.165, 1.54) is 28.1 Å². The molecule has 0 radical (unpaired) electrons. The van der Waals surface area contributed by atoms with Gasteiger partial charge in [-0.15, -0.1) is 0 Å². The molecule has 3 rings (SSSR count). The van der Waals surface area contributed by atoms with E-state index in [2.05, 4.69) is 110 Å². The highest BCUT2D eigenvalue weighted by molar-refractivity contribution is 5.67. The van der Waals surface area contributed by atoms with E-state index in [0.717, 1.165) is 13.1 Å². The molecule has 0 spiro atoms. The smallest absolute Gasteiger partial charge is 0.0426 e. The van der Waals surface area contributed by atoms with Gasteiger partial charge in [0.25, 0.3) is 0 Å². The van der Waals surface area contributed by atoms with E-state index >= 15 is 0 Å². The van der Waals surface area contributed by atoms with E-state index in [-0.39, 0.29) is 0 Å². The summed E-state index contributed by atoms with van der Waals surface area (Å²) in [5.74, 6) is 0. The molecule has 0 saturated heterocycles. The van der Waals surface area contributed by atoms with Gasteiger partial charge in [-0.3, -0.25) is 0 Å². The summed E-state index contributed by atoms with van der Waals surface area (Å²) in [4.78, 5) is 4.65. The maximum atomic E-state index is 2.32. The molecule has 0 N–H and O–H groups in total. The third kappa shape index (κ3) is 4.21. The first-order valence-electron chi connectivity index (χ1n) is 8.75. The molecule has 25 heavy (non-hydrogen) atoms. The van der Waals surface area contributed by atoms with E-state index < -0.39 is 0 Å². The Hall–Kier alpha value is -2.74. The van der Waals surface area contributed by atoms with Crippen molar-refractivity contribution in [3.63, 3.8) is 0 Å². The van der Waals surface area contributed by atoms with E-state index in [0.29, 0.717) is 0 Å². The second-order valence-electron chi connectivity index (χ2n) is 6.60. The van der Waals surface area contributed by atoms with Gasteiger partial charge in [0.05, 0.1) is 0 Å². The van der Waals surface area contributed by atoms with Gasteiger partial charge in [0.1, 0.15) is 0 Å². The van der Waals surface area contributed by atoms with Crippen LogP contribution in [0.15, 0.2) is 78.9 Å². The molecule has 0 heterocycles. The first kappa shape index (κ1) is 17.1. The van der Waals surface area contributed by atoms with Crippen LogP contribution in [0.25, 0.3) is 0 Å². The van der Waals surface area contributed by atoms with Gasteiger partial charge in [-0.25, -0.2) is 0 Å². The van der Waals surface area contributed by atoms with Crippen LogP contribution < -0.4 is 9.80 Å². The molecule has 0 unspecified atom stereocenters. The molecule has 0 aromatic heterocycles. The van der Waals surface area contributed by atoms with Gasteiger partial charge in [-0.1, -0.05) is 66.7 Å². The van der Waals surface area contributed by atoms with Crippen molar-refractivity contribution in [1.29, 1.82) is 0 Å². The summed E-state index contributed by atoms with van der Waals surface area (Å²) in [6.07, 6.45) is 0. The Kier molecular flexibility index (Phi) is 5.39. The van der Waals surface area contributed by atoms with Gasteiger partial charge in [0.2, 0.25) is 0 Å². The lowest BCUT2D eigenvalue weighted by Crippen LogP contribution is -2.21. The Morgan fingerprint density at radius 2 is 0.960 bits per heavy atom. The predicted octanol–water partition coefficient (Wildman–Crippen LogP) is 5.27. The van der Waals surface area contributed by atoms with Crippen LogP contribution in [-0.2, 0) is 13.1 Å². The van der Waals surface area contributed by atoms with E-state index in [1.54, 1.807) is 0 Å². The van der Waals surface area contributed by atoms with Crippen molar-refractivity contribution >= 4 is 11.4 Å². The largest absolute Gasteiger partial charge is 0.370 e. The Bertz CT molecular complexity index is 731. The molecule has 0 aliphatic rings. The molecule has 0 aliphatic heterocycles. The van der Waals surface area contributed by atoms with Gasteiger partial charge >= 0.3 is 0 Å². The topological polar surface area (TPSA) is 6.48 Å². The minimum atomic E-state index is 0.910. The number of benzene rings is 3. The van der Waals surface area contributed by atoms with Crippen LogP contribution in [0, 0.1) is 6.92 Å². The van der Waals surface area contributed by atoms with Crippen LogP contribution in [0.3, 0.4) is 0 Å². The third-order valence-corrected chi connectivity index (χ3v) is 4.62. The van der Waals surface area contributed by atoms with Crippen LogP contribution >= 0.6 is 0 Å². The zero-order valence-electron chi connectivity index (χ0n) is 15.3. The number of rotatable bonds is 6. The van der Waals surface area contributed by atoms with Gasteiger partial charge in [0.15, 0.2) is 0 Å². The van der Waals surface area contributed by atoms with Crippen LogP contribution in [0.4, 0.5) is 11.4 Å². The Labute approximate surface area is 151 Å². The van der Waals surface area contributed by atoms with Crippen molar-refractivity contribution in [2.24, 2.45) is 0 Å². The van der Waals surface area contributed by atoms with Crippen molar-refractivity contribution in [1.82, 2.24) is 0 Å². The quantitative estimate of drug-likeness (QED) is 0.607. The van der Waals surface area contributed by atoms with Gasteiger partial charge in [0, 0.05) is 38.6 Å². The summed E-state index contributed by atoms with van der Waals surface area (Å²) in [6, 6.07) is 27.8. The third-order valence-electron chi connectivity index (χ3n) is 4.62. The predicted molar refractivity (Wildman–Crippen MR) is 108 cm³/mol. The minimum absolute atomic E-state index is 0.910. The number of hydrogen-bond donors (Lipinski definition) is 0. The molecule has 128 valence electrons. The van der Waals surface area contributed by atoms with Gasteiger partial charge in [-0.05, 0) is 35.7 Å². The van der Waals surface area contributed by atoms with Crippen molar-refractivity contribution in [2.45, 2.75) is 20.0 Å². The number of hydrogen-bond acceptors (Lipinski definition) is 2. The van der Waals surface area contributed by atoms with Crippen LogP contribution in [0.2, 0.25) is 0 Å². The molecule has 0 atom stereocenters. The zero-order chi connectivity index (χ0) is 17.6. The molecule has 0 amide bonds. The van der Waals surface area contributed by atoms with Gasteiger partial charge < -0.3 is 9.80 Å². The van der Waals surface area contributed by atoms with E-state index in [1.807, 2.05) is 0 Å². The SMILES string of the molecule is Cc1c(N(C)Cc2ccccc2)cccc1N(C)Cc1ccccc1. The molecular formula is C23H26N2. The average Bonchev–Trinajstić information content (AvgIpc) is 2.63. The molecule has 2 nitrogen and oxygen atoms in total. The van der Waals surface area contributed by atoms with Crippen LogP contribution in [-0.4, -0.2) is 14.1 Å². The van der Waals surface area contributed by atoms with Crippen LogP contribution in [0.5, 0.6) is 0 Å². The molecule has 3 aromatic rings. The Balaban J connectivity index is 1.79. The fourth-order valence-electron chi connectivity index (χ4n) is 3.32. The summed E-state index contributed by atoms with van der Waals surface area (Å²) in [7, 11) is 4.33. The average molecular weight is 330 g/mol. The monoisotopic (exact) mass is 330 g/mol. The molecule has 0 bridgehead atoms. The Morgan fingerprint density at radius 1 is 0.560 bits per heavy atom. The van der Waals surface area contributed by atoms with Gasteiger partial charge in [-0.2, -0.15) is 0 Å². The van der Waals surface area contributed by atoms with Crippen molar-refractivity contribution in [3.05, 3.63) is 95.6 Å². The first-order chi connectivity index (χ1) is 12.1. The highest BCUT2D eigenvalue weighted by Crippen LogP contribution is 2.29. The highest BCUT2D eigenvalue weighted by atomic mass is 15.1. The standard InChI is InChI=1S/C23H26N2/c1-19-22(24(2)17-20-11-6-4-7-12-20)15-10-16-23(19)25(3)18-21-13-8-5-9-14-21/h4-16H,17-18H2,1-3H3. The fourth-order valence-corrected chi connectivity index (χ4v) is 3.32. The second kappa shape index (κ2) is 7.89. The molecule has 0 fully saturated rings. The lowest BCUT2D eigenvalue weighted by atomic mass is 10.1. The highest BCUT2D eigenvalue weighted by Gasteiger charge is 2.12. The van der Waals surface area contributed by atoms with Crippen molar-refractivity contribution in [3.8, 4) is 0 Å². The summed E-state index contributed by atoms with van der Waals surface area (Å²) in [6.45, 7) is 4.04. The number of anilines is 2.